The Hall–Kier alpha value is -3.45. The predicted octanol–water partition coefficient (Wildman–Crippen LogP) is 3.97. The van der Waals surface area contributed by atoms with Gasteiger partial charge in [-0.3, -0.25) is 4.79 Å². The molecule has 3 rings (SSSR count). The fraction of sp³-hybridized carbons (Fsp3) is 0.190. The summed E-state index contributed by atoms with van der Waals surface area (Å²) in [4.78, 5) is 12.3. The van der Waals surface area contributed by atoms with Crippen molar-refractivity contribution in [3.05, 3.63) is 72.4 Å². The lowest BCUT2D eigenvalue weighted by atomic mass is 10.2. The zero-order chi connectivity index (χ0) is 19.6. The van der Waals surface area contributed by atoms with E-state index in [9.17, 15) is 4.79 Å². The van der Waals surface area contributed by atoms with Crippen molar-refractivity contribution in [3.8, 4) is 11.5 Å². The van der Waals surface area contributed by atoms with Crippen LogP contribution in [0, 0.1) is 0 Å². The van der Waals surface area contributed by atoms with Gasteiger partial charge in [0.2, 0.25) is 0 Å². The largest absolute Gasteiger partial charge is 0.457 e. The van der Waals surface area contributed by atoms with Crippen LogP contribution in [0.15, 0.2) is 66.7 Å². The number of para-hydroxylation sites is 1. The third-order valence-electron chi connectivity index (χ3n) is 3.82. The minimum absolute atomic E-state index is 0.243. The standard InChI is InChI=1S/C21H22N4O3/c1-27-15-5-14-22-20-13-12-19(24-25-20)21(26)23-16-8-10-18(11-9-16)28-17-6-3-2-4-7-17/h2-4,6-13H,5,14-15H2,1H3,(H,22,25)(H,23,26). The molecule has 0 aliphatic rings. The first-order chi connectivity index (χ1) is 13.7. The Morgan fingerprint density at radius 3 is 2.36 bits per heavy atom. The van der Waals surface area contributed by atoms with Gasteiger partial charge in [-0.2, -0.15) is 0 Å². The van der Waals surface area contributed by atoms with E-state index in [1.165, 1.54) is 0 Å². The van der Waals surface area contributed by atoms with Crippen molar-refractivity contribution in [3.63, 3.8) is 0 Å². The number of rotatable bonds is 9. The van der Waals surface area contributed by atoms with Crippen molar-refractivity contribution < 1.29 is 14.3 Å². The van der Waals surface area contributed by atoms with Crippen LogP contribution in [0.2, 0.25) is 0 Å². The fourth-order valence-electron chi connectivity index (χ4n) is 2.41. The Morgan fingerprint density at radius 1 is 0.929 bits per heavy atom. The zero-order valence-corrected chi connectivity index (χ0v) is 15.6. The number of hydrogen-bond donors (Lipinski definition) is 2. The smallest absolute Gasteiger partial charge is 0.276 e. The number of ether oxygens (including phenoxy) is 2. The second-order valence-electron chi connectivity index (χ2n) is 5.97. The highest BCUT2D eigenvalue weighted by atomic mass is 16.5. The van der Waals surface area contributed by atoms with E-state index in [4.69, 9.17) is 9.47 Å². The Bertz CT molecular complexity index is 868. The van der Waals surface area contributed by atoms with Gasteiger partial charge in [0.25, 0.3) is 5.91 Å². The van der Waals surface area contributed by atoms with Crippen molar-refractivity contribution in [1.29, 1.82) is 0 Å². The molecule has 1 aromatic heterocycles. The van der Waals surface area contributed by atoms with Crippen molar-refractivity contribution >= 4 is 17.4 Å². The van der Waals surface area contributed by atoms with E-state index in [1.807, 2.05) is 30.3 Å². The number of anilines is 2. The van der Waals surface area contributed by atoms with Crippen LogP contribution in [0.3, 0.4) is 0 Å². The number of hydrogen-bond acceptors (Lipinski definition) is 6. The van der Waals surface area contributed by atoms with Crippen LogP contribution in [-0.4, -0.2) is 36.4 Å². The number of carbonyl (C=O) groups excluding carboxylic acids is 1. The average Bonchev–Trinajstić information content (AvgIpc) is 2.74. The molecule has 1 amide bonds. The van der Waals surface area contributed by atoms with Gasteiger partial charge >= 0.3 is 0 Å². The Kier molecular flexibility index (Phi) is 6.92. The van der Waals surface area contributed by atoms with Crippen molar-refractivity contribution in [2.45, 2.75) is 6.42 Å². The van der Waals surface area contributed by atoms with E-state index in [2.05, 4.69) is 20.8 Å². The van der Waals surface area contributed by atoms with Crippen LogP contribution in [0.1, 0.15) is 16.9 Å². The zero-order valence-electron chi connectivity index (χ0n) is 15.6. The number of methoxy groups -OCH3 is 1. The second-order valence-corrected chi connectivity index (χ2v) is 5.97. The third kappa shape index (κ3) is 5.78. The van der Waals surface area contributed by atoms with Crippen LogP contribution in [0.4, 0.5) is 11.5 Å². The molecular weight excluding hydrogens is 356 g/mol. The molecule has 7 nitrogen and oxygen atoms in total. The lowest BCUT2D eigenvalue weighted by molar-refractivity contribution is 0.102. The van der Waals surface area contributed by atoms with Crippen LogP contribution in [0.25, 0.3) is 0 Å². The quantitative estimate of drug-likeness (QED) is 0.548. The molecule has 0 saturated heterocycles. The highest BCUT2D eigenvalue weighted by molar-refractivity contribution is 6.02. The van der Waals surface area contributed by atoms with Gasteiger partial charge in [-0.1, -0.05) is 18.2 Å². The molecule has 2 aromatic carbocycles. The van der Waals surface area contributed by atoms with Gasteiger partial charge in [0, 0.05) is 25.9 Å². The van der Waals surface area contributed by atoms with E-state index in [1.54, 1.807) is 43.5 Å². The summed E-state index contributed by atoms with van der Waals surface area (Å²) in [5.41, 5.74) is 0.890. The maximum absolute atomic E-state index is 12.3. The molecule has 0 spiro atoms. The highest BCUT2D eigenvalue weighted by Crippen LogP contribution is 2.22. The summed E-state index contributed by atoms with van der Waals surface area (Å²) in [6.45, 7) is 1.40. The van der Waals surface area contributed by atoms with Gasteiger partial charge in [-0.15, -0.1) is 10.2 Å². The molecule has 144 valence electrons. The van der Waals surface area contributed by atoms with Crippen molar-refractivity contribution in [2.75, 3.05) is 30.9 Å². The number of nitrogens with one attached hydrogen (secondary N) is 2. The lowest BCUT2D eigenvalue weighted by Crippen LogP contribution is -2.15. The number of aromatic nitrogens is 2. The Morgan fingerprint density at radius 2 is 1.68 bits per heavy atom. The first kappa shape index (κ1) is 19.3. The van der Waals surface area contributed by atoms with Crippen molar-refractivity contribution in [1.82, 2.24) is 10.2 Å². The fourth-order valence-corrected chi connectivity index (χ4v) is 2.41. The Labute approximate surface area is 163 Å². The van der Waals surface area contributed by atoms with E-state index in [0.717, 1.165) is 18.7 Å². The second kappa shape index (κ2) is 10.0. The van der Waals surface area contributed by atoms with Crippen molar-refractivity contribution in [2.24, 2.45) is 0 Å². The first-order valence-corrected chi connectivity index (χ1v) is 8.95. The number of nitrogens with zero attached hydrogens (tertiary/aromatic N) is 2. The molecule has 0 saturated carbocycles. The average molecular weight is 378 g/mol. The molecule has 3 aromatic rings. The third-order valence-corrected chi connectivity index (χ3v) is 3.82. The monoisotopic (exact) mass is 378 g/mol. The molecule has 7 heteroatoms. The maximum atomic E-state index is 12.3. The van der Waals surface area contributed by atoms with Gasteiger partial charge in [0.15, 0.2) is 5.69 Å². The highest BCUT2D eigenvalue weighted by Gasteiger charge is 2.09. The Balaban J connectivity index is 1.52. The van der Waals surface area contributed by atoms with Crippen LogP contribution < -0.4 is 15.4 Å². The van der Waals surface area contributed by atoms with Crippen LogP contribution in [-0.2, 0) is 4.74 Å². The predicted molar refractivity (Wildman–Crippen MR) is 108 cm³/mol. The summed E-state index contributed by atoms with van der Waals surface area (Å²) >= 11 is 0. The molecule has 28 heavy (non-hydrogen) atoms. The number of amides is 1. The van der Waals surface area contributed by atoms with Crippen LogP contribution in [0.5, 0.6) is 11.5 Å². The summed E-state index contributed by atoms with van der Waals surface area (Å²) in [6.07, 6.45) is 0.865. The van der Waals surface area contributed by atoms with E-state index in [0.29, 0.717) is 23.9 Å². The van der Waals surface area contributed by atoms with Crippen LogP contribution >= 0.6 is 0 Å². The van der Waals surface area contributed by atoms with Gasteiger partial charge in [0.1, 0.15) is 17.3 Å². The molecule has 0 aliphatic carbocycles. The van der Waals surface area contributed by atoms with Gasteiger partial charge < -0.3 is 20.1 Å². The molecule has 0 atom stereocenters. The molecule has 0 aliphatic heterocycles. The molecule has 2 N–H and O–H groups in total. The molecule has 0 bridgehead atoms. The topological polar surface area (TPSA) is 85.4 Å². The minimum Gasteiger partial charge on any atom is -0.457 e. The first-order valence-electron chi connectivity index (χ1n) is 8.95. The van der Waals surface area contributed by atoms with Gasteiger partial charge in [-0.25, -0.2) is 0 Å². The van der Waals surface area contributed by atoms with E-state index >= 15 is 0 Å². The lowest BCUT2D eigenvalue weighted by Gasteiger charge is -2.08. The number of carbonyl (C=O) groups is 1. The molecule has 0 fully saturated rings. The minimum atomic E-state index is -0.324. The molecular formula is C21H22N4O3. The normalized spacial score (nSPS) is 10.3. The summed E-state index contributed by atoms with van der Waals surface area (Å²) in [5.74, 6) is 1.74. The van der Waals surface area contributed by atoms with Gasteiger partial charge in [-0.05, 0) is 55.0 Å². The number of benzene rings is 2. The SMILES string of the molecule is COCCCNc1ccc(C(=O)Nc2ccc(Oc3ccccc3)cc2)nn1. The molecule has 0 unspecified atom stereocenters. The van der Waals surface area contributed by atoms with E-state index < -0.39 is 0 Å². The van der Waals surface area contributed by atoms with Gasteiger partial charge in [0.05, 0.1) is 0 Å². The maximum Gasteiger partial charge on any atom is 0.276 e. The summed E-state index contributed by atoms with van der Waals surface area (Å²) in [6, 6.07) is 20.0. The summed E-state index contributed by atoms with van der Waals surface area (Å²) < 4.78 is 10.7. The summed E-state index contributed by atoms with van der Waals surface area (Å²) in [7, 11) is 1.66. The molecule has 1 heterocycles. The summed E-state index contributed by atoms with van der Waals surface area (Å²) in [5, 5.41) is 13.9. The van der Waals surface area contributed by atoms with E-state index in [-0.39, 0.29) is 11.6 Å². The molecule has 0 radical (unpaired) electrons.